The third-order valence-corrected chi connectivity index (χ3v) is 1.31. The van der Waals surface area contributed by atoms with Gasteiger partial charge in [0.05, 0.1) is 0 Å². The average Bonchev–Trinajstić information content (AvgIpc) is 2.04. The summed E-state index contributed by atoms with van der Waals surface area (Å²) in [4.78, 5) is 10.9. The molecule has 1 rings (SSSR count). The summed E-state index contributed by atoms with van der Waals surface area (Å²) in [6.07, 6.45) is 0.938. The summed E-state index contributed by atoms with van der Waals surface area (Å²) < 4.78 is 24.2. The van der Waals surface area contributed by atoms with Gasteiger partial charge in [-0.1, -0.05) is 0 Å². The van der Waals surface area contributed by atoms with Crippen molar-refractivity contribution < 1.29 is 8.78 Å². The molecule has 0 aliphatic carbocycles. The van der Waals surface area contributed by atoms with E-state index in [0.29, 0.717) is 0 Å². The van der Waals surface area contributed by atoms with Crippen LogP contribution in [0.15, 0.2) is 23.1 Å². The number of alkyl halides is 2. The van der Waals surface area contributed by atoms with Crippen molar-refractivity contribution in [3.8, 4) is 6.07 Å². The lowest BCUT2D eigenvalue weighted by Gasteiger charge is -2.01. The Bertz CT molecular complexity index is 378. The van der Waals surface area contributed by atoms with Crippen LogP contribution >= 0.6 is 0 Å². The van der Waals surface area contributed by atoms with Gasteiger partial charge in [-0.25, -0.2) is 0 Å². The van der Waals surface area contributed by atoms with E-state index >= 15 is 0 Å². The van der Waals surface area contributed by atoms with E-state index < -0.39 is 12.1 Å². The summed E-state index contributed by atoms with van der Waals surface area (Å²) in [5.74, 6) is 0. The van der Waals surface area contributed by atoms with E-state index in [9.17, 15) is 13.6 Å². The minimum Gasteiger partial charge on any atom is -0.268 e. The molecule has 1 aromatic heterocycles. The van der Waals surface area contributed by atoms with E-state index in [0.717, 1.165) is 6.20 Å². The third-order valence-electron chi connectivity index (χ3n) is 1.31. The highest BCUT2D eigenvalue weighted by Crippen LogP contribution is 2.05. The second-order valence-electron chi connectivity index (χ2n) is 2.02. The molecule has 0 spiro atoms. The Morgan fingerprint density at radius 1 is 1.58 bits per heavy atom. The molecule has 0 bridgehead atoms. The van der Waals surface area contributed by atoms with Crippen molar-refractivity contribution in [1.82, 2.24) is 4.57 Å². The molecular weight excluding hydrogens is 166 g/mol. The molecule has 0 N–H and O–H groups in total. The predicted octanol–water partition coefficient (Wildman–Crippen LogP) is 1.12. The Morgan fingerprint density at radius 2 is 2.25 bits per heavy atom. The molecule has 5 heteroatoms. The van der Waals surface area contributed by atoms with E-state index in [2.05, 4.69) is 0 Å². The summed E-state index contributed by atoms with van der Waals surface area (Å²) in [6, 6.07) is 3.95. The maximum Gasteiger partial charge on any atom is 0.321 e. The van der Waals surface area contributed by atoms with Crippen molar-refractivity contribution in [3.05, 3.63) is 34.2 Å². The molecule has 1 heterocycles. The van der Waals surface area contributed by atoms with Crippen molar-refractivity contribution in [2.24, 2.45) is 0 Å². The zero-order chi connectivity index (χ0) is 9.14. The zero-order valence-electron chi connectivity index (χ0n) is 5.87. The van der Waals surface area contributed by atoms with Gasteiger partial charge in [0.25, 0.3) is 5.56 Å². The van der Waals surface area contributed by atoms with E-state index in [-0.39, 0.29) is 10.1 Å². The molecule has 0 radical (unpaired) electrons. The topological polar surface area (TPSA) is 45.8 Å². The molecule has 3 nitrogen and oxygen atoms in total. The van der Waals surface area contributed by atoms with Crippen LogP contribution in [0.4, 0.5) is 8.78 Å². The number of rotatable bonds is 1. The molecule has 1 aromatic rings. The van der Waals surface area contributed by atoms with E-state index in [1.807, 2.05) is 0 Å². The van der Waals surface area contributed by atoms with Crippen molar-refractivity contribution in [1.29, 1.82) is 5.26 Å². The minimum absolute atomic E-state index is 0.207. The zero-order valence-corrected chi connectivity index (χ0v) is 5.87. The SMILES string of the molecule is N#Cc1cccn(C(F)F)c1=O. The molecule has 62 valence electrons. The van der Waals surface area contributed by atoms with Crippen LogP contribution < -0.4 is 5.56 Å². The maximum atomic E-state index is 12.0. The number of halogens is 2. The normalized spacial score (nSPS) is 9.83. The second kappa shape index (κ2) is 3.13. The lowest BCUT2D eigenvalue weighted by Crippen LogP contribution is -2.21. The van der Waals surface area contributed by atoms with Crippen LogP contribution in [0, 0.1) is 11.3 Å². The Kier molecular flexibility index (Phi) is 2.19. The molecule has 12 heavy (non-hydrogen) atoms. The van der Waals surface area contributed by atoms with Gasteiger partial charge in [0.1, 0.15) is 11.6 Å². The highest BCUT2D eigenvalue weighted by Gasteiger charge is 2.09. The van der Waals surface area contributed by atoms with Crippen LogP contribution in [0.3, 0.4) is 0 Å². The van der Waals surface area contributed by atoms with Crippen LogP contribution in [0.1, 0.15) is 12.1 Å². The Hall–Kier alpha value is -1.70. The van der Waals surface area contributed by atoms with Gasteiger partial charge in [-0.3, -0.25) is 9.36 Å². The first kappa shape index (κ1) is 8.40. The maximum absolute atomic E-state index is 12.0. The second-order valence-corrected chi connectivity index (χ2v) is 2.02. The van der Waals surface area contributed by atoms with E-state index in [4.69, 9.17) is 5.26 Å². The monoisotopic (exact) mass is 170 g/mol. The fourth-order valence-corrected chi connectivity index (χ4v) is 0.749. The Labute approximate surface area is 66.5 Å². The molecule has 0 atom stereocenters. The lowest BCUT2D eigenvalue weighted by molar-refractivity contribution is 0.0662. The van der Waals surface area contributed by atoms with Gasteiger partial charge in [-0.05, 0) is 12.1 Å². The number of pyridine rings is 1. The molecule has 0 aliphatic rings. The Balaban J connectivity index is 3.36. The predicted molar refractivity (Wildman–Crippen MR) is 36.7 cm³/mol. The summed E-state index contributed by atoms with van der Waals surface area (Å²) >= 11 is 0. The summed E-state index contributed by atoms with van der Waals surface area (Å²) in [5.41, 5.74) is -1.24. The first-order valence-corrected chi connectivity index (χ1v) is 3.06. The van der Waals surface area contributed by atoms with Gasteiger partial charge in [-0.15, -0.1) is 0 Å². The highest BCUT2D eigenvalue weighted by molar-refractivity contribution is 5.24. The fourth-order valence-electron chi connectivity index (χ4n) is 0.749. The highest BCUT2D eigenvalue weighted by atomic mass is 19.3. The number of hydrogen-bond acceptors (Lipinski definition) is 2. The standard InChI is InChI=1S/C7H4F2N2O/c8-7(9)11-3-1-2-5(4-10)6(11)12/h1-3,7H. The smallest absolute Gasteiger partial charge is 0.268 e. The fraction of sp³-hybridized carbons (Fsp3) is 0.143. The van der Waals surface area contributed by atoms with Crippen molar-refractivity contribution in [2.45, 2.75) is 6.55 Å². The minimum atomic E-state index is -2.90. The van der Waals surface area contributed by atoms with Gasteiger partial charge in [0, 0.05) is 6.20 Å². The number of hydrogen-bond donors (Lipinski definition) is 0. The van der Waals surface area contributed by atoms with Gasteiger partial charge in [0.2, 0.25) is 0 Å². The third kappa shape index (κ3) is 1.32. The Morgan fingerprint density at radius 3 is 2.75 bits per heavy atom. The summed E-state index contributed by atoms with van der Waals surface area (Å²) in [5, 5.41) is 8.32. The molecule has 0 aromatic carbocycles. The van der Waals surface area contributed by atoms with Crippen LogP contribution in [0.5, 0.6) is 0 Å². The van der Waals surface area contributed by atoms with Crippen LogP contribution in [0.25, 0.3) is 0 Å². The van der Waals surface area contributed by atoms with Gasteiger partial charge >= 0.3 is 6.55 Å². The molecule has 0 saturated carbocycles. The molecule has 0 aliphatic heterocycles. The van der Waals surface area contributed by atoms with Gasteiger partial charge < -0.3 is 0 Å². The summed E-state index contributed by atoms with van der Waals surface area (Å²) in [6.45, 7) is -2.90. The van der Waals surface area contributed by atoms with Gasteiger partial charge in [-0.2, -0.15) is 14.0 Å². The first-order chi connectivity index (χ1) is 5.66. The first-order valence-electron chi connectivity index (χ1n) is 3.06. The van der Waals surface area contributed by atoms with Crippen LogP contribution in [0.2, 0.25) is 0 Å². The average molecular weight is 170 g/mol. The molecule has 0 unspecified atom stereocenters. The van der Waals surface area contributed by atoms with Crippen LogP contribution in [-0.4, -0.2) is 4.57 Å². The van der Waals surface area contributed by atoms with Crippen molar-refractivity contribution in [3.63, 3.8) is 0 Å². The molecule has 0 fully saturated rings. The van der Waals surface area contributed by atoms with Crippen molar-refractivity contribution >= 4 is 0 Å². The lowest BCUT2D eigenvalue weighted by atomic mass is 10.3. The largest absolute Gasteiger partial charge is 0.321 e. The van der Waals surface area contributed by atoms with Crippen molar-refractivity contribution in [2.75, 3.05) is 0 Å². The number of nitriles is 1. The molecule has 0 saturated heterocycles. The van der Waals surface area contributed by atoms with Gasteiger partial charge in [0.15, 0.2) is 0 Å². The number of nitrogens with zero attached hydrogens (tertiary/aromatic N) is 2. The summed E-state index contributed by atoms with van der Waals surface area (Å²) in [7, 11) is 0. The quantitative estimate of drug-likeness (QED) is 0.633. The van der Waals surface area contributed by atoms with E-state index in [1.54, 1.807) is 0 Å². The molecular formula is C7H4F2N2O. The van der Waals surface area contributed by atoms with E-state index in [1.165, 1.54) is 18.2 Å². The number of aromatic nitrogens is 1. The van der Waals surface area contributed by atoms with Crippen LogP contribution in [-0.2, 0) is 0 Å². The molecule has 0 amide bonds.